The summed E-state index contributed by atoms with van der Waals surface area (Å²) in [7, 11) is 0. The Hall–Kier alpha value is -2.15. The zero-order valence-corrected chi connectivity index (χ0v) is 15.2. The van der Waals surface area contributed by atoms with Crippen LogP contribution in [-0.4, -0.2) is 11.2 Å². The van der Waals surface area contributed by atoms with Crippen LogP contribution in [0, 0.1) is 5.82 Å². The van der Waals surface area contributed by atoms with Crippen LogP contribution in [0.15, 0.2) is 53.9 Å². The molecule has 126 valence electrons. The molecular weight excluding hydrogens is 353 g/mol. The molecule has 0 spiro atoms. The van der Waals surface area contributed by atoms with E-state index in [2.05, 4.69) is 39.7 Å². The van der Waals surface area contributed by atoms with E-state index in [0.29, 0.717) is 5.69 Å². The van der Waals surface area contributed by atoms with Crippen LogP contribution in [0.5, 0.6) is 0 Å². The van der Waals surface area contributed by atoms with Gasteiger partial charge in [0.1, 0.15) is 11.6 Å². The number of benzene rings is 2. The summed E-state index contributed by atoms with van der Waals surface area (Å²) in [6, 6.07) is 14.9. The third kappa shape index (κ3) is 3.33. The highest BCUT2D eigenvalue weighted by molar-refractivity contribution is 7.96. The highest BCUT2D eigenvalue weighted by Crippen LogP contribution is 2.35. The van der Waals surface area contributed by atoms with Crippen LogP contribution in [0.3, 0.4) is 0 Å². The fourth-order valence-corrected chi connectivity index (χ4v) is 4.05. The Balaban J connectivity index is 1.82. The smallest absolute Gasteiger partial charge is 0.139 e. The van der Waals surface area contributed by atoms with Gasteiger partial charge in [0.25, 0.3) is 0 Å². The molecule has 0 unspecified atom stereocenters. The molecule has 2 N–H and O–H groups in total. The number of anilines is 2. The van der Waals surface area contributed by atoms with E-state index < -0.39 is 0 Å². The SMILES string of the molecule is CSNCc1ccc2c(c1)nc(Nc1cccc(F)c1)c1ccsc12. The number of rotatable bonds is 5. The van der Waals surface area contributed by atoms with Crippen molar-refractivity contribution in [1.29, 1.82) is 0 Å². The van der Waals surface area contributed by atoms with Gasteiger partial charge in [-0.1, -0.05) is 30.1 Å². The van der Waals surface area contributed by atoms with E-state index >= 15 is 0 Å². The minimum absolute atomic E-state index is 0.266. The molecule has 0 atom stereocenters. The van der Waals surface area contributed by atoms with E-state index in [0.717, 1.165) is 28.7 Å². The summed E-state index contributed by atoms with van der Waals surface area (Å²) in [5.41, 5.74) is 2.82. The summed E-state index contributed by atoms with van der Waals surface area (Å²) in [5, 5.41) is 7.52. The van der Waals surface area contributed by atoms with Gasteiger partial charge in [-0.15, -0.1) is 11.3 Å². The largest absolute Gasteiger partial charge is 0.340 e. The van der Waals surface area contributed by atoms with Crippen LogP contribution in [-0.2, 0) is 6.54 Å². The van der Waals surface area contributed by atoms with Crippen LogP contribution < -0.4 is 10.0 Å². The zero-order chi connectivity index (χ0) is 17.2. The van der Waals surface area contributed by atoms with Crippen LogP contribution in [0.4, 0.5) is 15.9 Å². The van der Waals surface area contributed by atoms with Crippen LogP contribution in [0.1, 0.15) is 5.56 Å². The van der Waals surface area contributed by atoms with E-state index in [1.54, 1.807) is 29.4 Å². The lowest BCUT2D eigenvalue weighted by Gasteiger charge is -2.10. The van der Waals surface area contributed by atoms with Gasteiger partial charge in [-0.3, -0.25) is 4.72 Å². The van der Waals surface area contributed by atoms with Gasteiger partial charge in [-0.05, 0) is 47.5 Å². The fourth-order valence-electron chi connectivity index (χ4n) is 2.81. The van der Waals surface area contributed by atoms with Gasteiger partial charge < -0.3 is 5.32 Å². The number of aromatic nitrogens is 1. The zero-order valence-electron chi connectivity index (χ0n) is 13.5. The van der Waals surface area contributed by atoms with Crippen LogP contribution in [0.25, 0.3) is 21.0 Å². The Kier molecular flexibility index (Phi) is 4.57. The molecular formula is C19H16FN3S2. The van der Waals surface area contributed by atoms with Crippen molar-refractivity contribution in [3.05, 3.63) is 65.3 Å². The first-order valence-electron chi connectivity index (χ1n) is 7.83. The van der Waals surface area contributed by atoms with Crippen molar-refractivity contribution in [3.63, 3.8) is 0 Å². The molecule has 0 fully saturated rings. The lowest BCUT2D eigenvalue weighted by Crippen LogP contribution is -2.02. The van der Waals surface area contributed by atoms with Gasteiger partial charge in [-0.2, -0.15) is 0 Å². The molecule has 2 heterocycles. The molecule has 0 saturated carbocycles. The molecule has 0 amide bonds. The third-order valence-electron chi connectivity index (χ3n) is 3.97. The number of thiophene rings is 1. The number of halogens is 1. The lowest BCUT2D eigenvalue weighted by atomic mass is 10.1. The van der Waals surface area contributed by atoms with E-state index in [1.807, 2.05) is 12.3 Å². The second-order valence-corrected chi connectivity index (χ2v) is 7.25. The predicted molar refractivity (Wildman–Crippen MR) is 107 cm³/mol. The molecule has 4 rings (SSSR count). The van der Waals surface area contributed by atoms with Gasteiger partial charge in [0.2, 0.25) is 0 Å². The number of hydrogen-bond acceptors (Lipinski definition) is 5. The molecule has 4 aromatic rings. The summed E-state index contributed by atoms with van der Waals surface area (Å²) >= 11 is 3.29. The molecule has 0 bridgehead atoms. The van der Waals surface area contributed by atoms with Crippen molar-refractivity contribution < 1.29 is 4.39 Å². The lowest BCUT2D eigenvalue weighted by molar-refractivity contribution is 0.628. The Morgan fingerprint density at radius 3 is 2.88 bits per heavy atom. The van der Waals surface area contributed by atoms with Crippen molar-refractivity contribution in [2.75, 3.05) is 11.6 Å². The number of nitrogens with zero attached hydrogens (tertiary/aromatic N) is 1. The summed E-state index contributed by atoms with van der Waals surface area (Å²) in [5.74, 6) is 0.488. The number of hydrogen-bond donors (Lipinski definition) is 2. The Bertz CT molecular complexity index is 1050. The highest BCUT2D eigenvalue weighted by atomic mass is 32.2. The summed E-state index contributed by atoms with van der Waals surface area (Å²) in [6.07, 6.45) is 2.01. The van der Waals surface area contributed by atoms with Crippen molar-refractivity contribution in [2.24, 2.45) is 0 Å². The van der Waals surface area contributed by atoms with Gasteiger partial charge >= 0.3 is 0 Å². The first kappa shape index (κ1) is 16.3. The number of fused-ring (bicyclic) bond motifs is 3. The molecule has 0 saturated heterocycles. The standard InChI is InChI=1S/C19H16FN3S2/c1-24-21-11-12-5-6-15-17(9-12)23-19(16-7-8-25-18(15)16)22-14-4-2-3-13(20)10-14/h2-10,21H,11H2,1H3,(H,22,23). The third-order valence-corrected chi connectivity index (χ3v) is 5.35. The highest BCUT2D eigenvalue weighted by Gasteiger charge is 2.11. The Morgan fingerprint density at radius 1 is 1.12 bits per heavy atom. The molecule has 0 radical (unpaired) electrons. The predicted octanol–water partition coefficient (Wildman–Crippen LogP) is 5.70. The monoisotopic (exact) mass is 369 g/mol. The first-order valence-corrected chi connectivity index (χ1v) is 9.93. The van der Waals surface area contributed by atoms with Gasteiger partial charge in [0.15, 0.2) is 0 Å². The topological polar surface area (TPSA) is 37.0 Å². The van der Waals surface area contributed by atoms with Gasteiger partial charge in [0.05, 0.1) is 5.52 Å². The Labute approximate surface area is 153 Å². The average molecular weight is 369 g/mol. The molecule has 0 aliphatic rings. The average Bonchev–Trinajstić information content (AvgIpc) is 3.10. The fraction of sp³-hybridized carbons (Fsp3) is 0.105. The summed E-state index contributed by atoms with van der Waals surface area (Å²) in [6.45, 7) is 0.786. The molecule has 0 aliphatic heterocycles. The van der Waals surface area contributed by atoms with Crippen LogP contribution in [0.2, 0.25) is 0 Å². The number of nitrogens with one attached hydrogen (secondary N) is 2. The van der Waals surface area contributed by atoms with Crippen molar-refractivity contribution >= 4 is 55.8 Å². The minimum atomic E-state index is -0.266. The molecule has 6 heteroatoms. The summed E-state index contributed by atoms with van der Waals surface area (Å²) < 4.78 is 17.9. The quantitative estimate of drug-likeness (QED) is 0.443. The minimum Gasteiger partial charge on any atom is -0.340 e. The second-order valence-electron chi connectivity index (χ2n) is 5.64. The molecule has 25 heavy (non-hydrogen) atoms. The molecule has 2 aromatic heterocycles. The maximum Gasteiger partial charge on any atom is 0.139 e. The van der Waals surface area contributed by atoms with Gasteiger partial charge in [-0.25, -0.2) is 9.37 Å². The van der Waals surface area contributed by atoms with Crippen LogP contribution >= 0.6 is 23.3 Å². The normalized spacial score (nSPS) is 11.3. The summed E-state index contributed by atoms with van der Waals surface area (Å²) in [4.78, 5) is 4.81. The van der Waals surface area contributed by atoms with E-state index in [9.17, 15) is 4.39 Å². The molecule has 0 aliphatic carbocycles. The van der Waals surface area contributed by atoms with E-state index in [-0.39, 0.29) is 5.82 Å². The maximum absolute atomic E-state index is 13.5. The number of pyridine rings is 1. The first-order chi connectivity index (χ1) is 12.2. The van der Waals surface area contributed by atoms with Crippen molar-refractivity contribution in [2.45, 2.75) is 6.54 Å². The van der Waals surface area contributed by atoms with E-state index in [4.69, 9.17) is 4.98 Å². The molecule has 3 nitrogen and oxygen atoms in total. The second kappa shape index (κ2) is 7.00. The van der Waals surface area contributed by atoms with Crippen molar-refractivity contribution in [3.8, 4) is 0 Å². The van der Waals surface area contributed by atoms with Crippen molar-refractivity contribution in [1.82, 2.24) is 9.71 Å². The molecule has 2 aromatic carbocycles. The Morgan fingerprint density at radius 2 is 2.04 bits per heavy atom. The van der Waals surface area contributed by atoms with Gasteiger partial charge in [0, 0.05) is 27.7 Å². The van der Waals surface area contributed by atoms with E-state index in [1.165, 1.54) is 22.4 Å². The maximum atomic E-state index is 13.5.